The summed E-state index contributed by atoms with van der Waals surface area (Å²) in [5, 5.41) is 30.8. The molecule has 0 radical (unpaired) electrons. The average molecular weight is 564 g/mol. The third-order valence-corrected chi connectivity index (χ3v) is 8.96. The van der Waals surface area contributed by atoms with Crippen molar-refractivity contribution in [3.8, 4) is 28.9 Å². The van der Waals surface area contributed by atoms with Crippen LogP contribution >= 0.6 is 11.8 Å². The number of β-amino-alcohol motifs (C(OH)–C–C–N with tert-alkyl or cyclic N) is 2. The summed E-state index contributed by atoms with van der Waals surface area (Å²) in [7, 11) is 0. The van der Waals surface area contributed by atoms with E-state index in [2.05, 4.69) is 16.4 Å². The fourth-order valence-electron chi connectivity index (χ4n) is 5.65. The van der Waals surface area contributed by atoms with E-state index in [1.54, 1.807) is 0 Å². The molecule has 3 N–H and O–H groups in total. The van der Waals surface area contributed by atoms with Crippen LogP contribution in [-0.4, -0.2) is 55.6 Å². The summed E-state index contributed by atoms with van der Waals surface area (Å²) < 4.78 is 21.0. The molecular formula is C29H30FN5O4S. The summed E-state index contributed by atoms with van der Waals surface area (Å²) in [5.41, 5.74) is 1.31. The molecule has 1 aliphatic heterocycles. The number of benzene rings is 1. The first-order valence-electron chi connectivity index (χ1n) is 13.6. The van der Waals surface area contributed by atoms with Gasteiger partial charge in [0.1, 0.15) is 17.0 Å². The van der Waals surface area contributed by atoms with Crippen LogP contribution < -0.4 is 10.2 Å². The maximum atomic E-state index is 14.7. The first-order chi connectivity index (χ1) is 19.3. The first-order valence-corrected chi connectivity index (χ1v) is 14.6. The minimum atomic E-state index is -1.81. The number of pyridine rings is 1. The third kappa shape index (κ3) is 5.31. The van der Waals surface area contributed by atoms with Crippen molar-refractivity contribution >= 4 is 23.4 Å². The minimum absolute atomic E-state index is 0.00195. The zero-order valence-electron chi connectivity index (χ0n) is 21.8. The number of halogens is 1. The average Bonchev–Trinajstić information content (AvgIpc) is 3.59. The normalized spacial score (nSPS) is 23.3. The molecule has 9 nitrogen and oxygen atoms in total. The SMILES string of the molecule is N#CC1(NC(=O)C2CCCCC2c2oc(-c3ncccc3F)nc2-c2ccc(N3CCSC(O)(O)C3)cc2)CC1. The van der Waals surface area contributed by atoms with Crippen LogP contribution in [0.1, 0.15) is 50.2 Å². The number of rotatable bonds is 6. The lowest BCUT2D eigenvalue weighted by Gasteiger charge is -2.36. The number of aromatic nitrogens is 2. The second-order valence-corrected chi connectivity index (χ2v) is 12.2. The van der Waals surface area contributed by atoms with Crippen LogP contribution in [0.5, 0.6) is 0 Å². The lowest BCUT2D eigenvalue weighted by atomic mass is 9.76. The molecule has 2 atom stereocenters. The standard InChI is InChI=1S/C29H30FN5O4S/c30-22-6-3-13-32-24(22)27-33-23(18-7-9-19(10-8-18)35-14-15-40-29(37,38)17-35)25(39-27)20-4-1-2-5-21(20)26(36)34-28(16-31)11-12-28/h3,6-10,13,20-21,37-38H,1-2,4-5,11-12,14-15,17H2,(H,34,36). The molecule has 2 unspecified atom stereocenters. The smallest absolute Gasteiger partial charge is 0.249 e. The maximum absolute atomic E-state index is 14.7. The summed E-state index contributed by atoms with van der Waals surface area (Å²) in [6, 6.07) is 12.5. The molecule has 40 heavy (non-hydrogen) atoms. The highest BCUT2D eigenvalue weighted by Gasteiger charge is 2.47. The van der Waals surface area contributed by atoms with E-state index in [1.807, 2.05) is 29.2 Å². The van der Waals surface area contributed by atoms with E-state index < -0.39 is 22.4 Å². The summed E-state index contributed by atoms with van der Waals surface area (Å²) in [5.74, 6) is -0.279. The van der Waals surface area contributed by atoms with E-state index in [1.165, 1.54) is 18.3 Å². The summed E-state index contributed by atoms with van der Waals surface area (Å²) in [4.78, 5) is 24.2. The van der Waals surface area contributed by atoms with Crippen molar-refractivity contribution in [2.45, 2.75) is 55.1 Å². The van der Waals surface area contributed by atoms with Gasteiger partial charge < -0.3 is 24.8 Å². The monoisotopic (exact) mass is 563 g/mol. The van der Waals surface area contributed by atoms with Gasteiger partial charge in [-0.1, -0.05) is 36.7 Å². The lowest BCUT2D eigenvalue weighted by Crippen LogP contribution is -2.46. The molecule has 0 spiro atoms. The van der Waals surface area contributed by atoms with Gasteiger partial charge in [-0.3, -0.25) is 4.79 Å². The number of hydrogen-bond acceptors (Lipinski definition) is 9. The Labute approximate surface area is 235 Å². The van der Waals surface area contributed by atoms with Crippen LogP contribution in [0.25, 0.3) is 22.8 Å². The topological polar surface area (TPSA) is 136 Å². The van der Waals surface area contributed by atoms with Gasteiger partial charge in [0, 0.05) is 41.6 Å². The Balaban J connectivity index is 1.37. The van der Waals surface area contributed by atoms with Crippen molar-refractivity contribution in [1.82, 2.24) is 15.3 Å². The van der Waals surface area contributed by atoms with Crippen LogP contribution in [0.3, 0.4) is 0 Å². The lowest BCUT2D eigenvalue weighted by molar-refractivity contribution is -0.127. The van der Waals surface area contributed by atoms with Gasteiger partial charge in [-0.05, 0) is 49.9 Å². The number of amides is 1. The van der Waals surface area contributed by atoms with Gasteiger partial charge in [-0.2, -0.15) is 5.26 Å². The Hall–Kier alpha value is -3.46. The molecule has 0 bridgehead atoms. The van der Waals surface area contributed by atoms with Crippen molar-refractivity contribution in [3.63, 3.8) is 0 Å². The van der Waals surface area contributed by atoms with E-state index in [4.69, 9.17) is 9.40 Å². The van der Waals surface area contributed by atoms with E-state index in [9.17, 15) is 24.7 Å². The molecule has 3 heterocycles. The Bertz CT molecular complexity index is 1450. The number of carbonyl (C=O) groups is 1. The molecule has 2 aromatic heterocycles. The molecule has 3 aliphatic rings. The molecule has 6 rings (SSSR count). The van der Waals surface area contributed by atoms with Crippen LogP contribution in [-0.2, 0) is 4.79 Å². The fourth-order valence-corrected chi connectivity index (χ4v) is 6.54. The number of nitrogens with zero attached hydrogens (tertiary/aromatic N) is 4. The minimum Gasteiger partial charge on any atom is -0.439 e. The summed E-state index contributed by atoms with van der Waals surface area (Å²) in [6.45, 7) is 0.757. The number of nitrogens with one attached hydrogen (secondary N) is 1. The Morgan fingerprint density at radius 3 is 2.65 bits per heavy atom. The predicted molar refractivity (Wildman–Crippen MR) is 147 cm³/mol. The number of nitriles is 1. The van der Waals surface area contributed by atoms with Gasteiger partial charge in [0.25, 0.3) is 0 Å². The maximum Gasteiger partial charge on any atom is 0.249 e. The molecule has 1 aromatic carbocycles. The van der Waals surface area contributed by atoms with Crippen LogP contribution in [0.4, 0.5) is 10.1 Å². The van der Waals surface area contributed by atoms with Crippen LogP contribution in [0, 0.1) is 23.1 Å². The van der Waals surface area contributed by atoms with E-state index in [0.717, 1.165) is 35.9 Å². The highest BCUT2D eigenvalue weighted by atomic mass is 32.2. The van der Waals surface area contributed by atoms with Gasteiger partial charge in [0.15, 0.2) is 11.5 Å². The molecule has 3 fully saturated rings. The number of aliphatic hydroxyl groups is 2. The van der Waals surface area contributed by atoms with Gasteiger partial charge in [0.05, 0.1) is 12.6 Å². The first kappa shape index (κ1) is 26.7. The molecule has 2 saturated carbocycles. The predicted octanol–water partition coefficient (Wildman–Crippen LogP) is 4.18. The largest absolute Gasteiger partial charge is 0.439 e. The Morgan fingerprint density at radius 2 is 1.95 bits per heavy atom. The second kappa shape index (κ2) is 10.5. The quantitative estimate of drug-likeness (QED) is 0.377. The number of hydrogen-bond donors (Lipinski definition) is 3. The molecule has 208 valence electrons. The molecule has 3 aromatic rings. The van der Waals surface area contributed by atoms with E-state index >= 15 is 0 Å². The zero-order chi connectivity index (χ0) is 27.9. The van der Waals surface area contributed by atoms with E-state index in [0.29, 0.717) is 49.4 Å². The molecule has 11 heteroatoms. The number of anilines is 1. The Morgan fingerprint density at radius 1 is 1.18 bits per heavy atom. The fraction of sp³-hybridized carbons (Fsp3) is 0.448. The molecule has 2 aliphatic carbocycles. The third-order valence-electron chi connectivity index (χ3n) is 7.98. The van der Waals surface area contributed by atoms with Gasteiger partial charge in [0.2, 0.25) is 16.9 Å². The summed E-state index contributed by atoms with van der Waals surface area (Å²) >= 11 is 1.11. The number of oxazole rings is 1. The number of thioether (sulfide) groups is 1. The van der Waals surface area contributed by atoms with Crippen LogP contribution in [0.2, 0.25) is 0 Å². The highest BCUT2D eigenvalue weighted by molar-refractivity contribution is 8.00. The zero-order valence-corrected chi connectivity index (χ0v) is 22.7. The second-order valence-electron chi connectivity index (χ2n) is 10.8. The van der Waals surface area contributed by atoms with Crippen molar-refractivity contribution in [2.24, 2.45) is 5.92 Å². The number of carbonyl (C=O) groups excluding carboxylic acids is 1. The molecular weight excluding hydrogens is 533 g/mol. The van der Waals surface area contributed by atoms with Crippen molar-refractivity contribution < 1.29 is 23.8 Å². The Kier molecular flexibility index (Phi) is 7.02. The van der Waals surface area contributed by atoms with Crippen molar-refractivity contribution in [1.29, 1.82) is 5.26 Å². The highest BCUT2D eigenvalue weighted by Crippen LogP contribution is 2.45. The van der Waals surface area contributed by atoms with Crippen molar-refractivity contribution in [2.75, 3.05) is 23.7 Å². The van der Waals surface area contributed by atoms with Crippen LogP contribution in [0.15, 0.2) is 47.0 Å². The van der Waals surface area contributed by atoms with Gasteiger partial charge in [-0.25, -0.2) is 14.4 Å². The van der Waals surface area contributed by atoms with Gasteiger partial charge in [-0.15, -0.1) is 0 Å². The molecule has 1 amide bonds. The summed E-state index contributed by atoms with van der Waals surface area (Å²) in [6.07, 6.45) is 5.92. The van der Waals surface area contributed by atoms with E-state index in [-0.39, 0.29) is 30.0 Å². The van der Waals surface area contributed by atoms with Gasteiger partial charge >= 0.3 is 0 Å². The molecule has 1 saturated heterocycles. The van der Waals surface area contributed by atoms with Crippen molar-refractivity contribution in [3.05, 3.63) is 54.2 Å².